The summed E-state index contributed by atoms with van der Waals surface area (Å²) in [4.78, 5) is 27.0. The van der Waals surface area contributed by atoms with Crippen LogP contribution in [0.4, 0.5) is 5.69 Å². The summed E-state index contributed by atoms with van der Waals surface area (Å²) in [7, 11) is 0. The van der Waals surface area contributed by atoms with E-state index in [0.717, 1.165) is 11.3 Å². The zero-order valence-electron chi connectivity index (χ0n) is 18.1. The van der Waals surface area contributed by atoms with E-state index in [2.05, 4.69) is 10.6 Å². The summed E-state index contributed by atoms with van der Waals surface area (Å²) < 4.78 is 10.6. The number of hydrogen-bond acceptors (Lipinski definition) is 5. The van der Waals surface area contributed by atoms with Crippen molar-refractivity contribution in [1.29, 1.82) is 0 Å². The predicted octanol–water partition coefficient (Wildman–Crippen LogP) is 4.26. The molecule has 8 heteroatoms. The summed E-state index contributed by atoms with van der Waals surface area (Å²) in [5.74, 6) is -0.223. The van der Waals surface area contributed by atoms with E-state index in [4.69, 9.17) is 21.4 Å². The number of carbonyl (C=O) groups excluding carboxylic acids is 2. The minimum absolute atomic E-state index is 0.233. The average molecular weight is 442 g/mol. The first-order chi connectivity index (χ1) is 14.8. The van der Waals surface area contributed by atoms with Crippen LogP contribution in [0.15, 0.2) is 58.3 Å². The van der Waals surface area contributed by atoms with Crippen molar-refractivity contribution >= 4 is 34.9 Å². The highest BCUT2D eigenvalue weighted by Crippen LogP contribution is 2.32. The van der Waals surface area contributed by atoms with Gasteiger partial charge in [-0.1, -0.05) is 26.0 Å². The van der Waals surface area contributed by atoms with E-state index in [0.29, 0.717) is 29.5 Å². The number of nitrogens with zero attached hydrogens (tertiary/aromatic N) is 1. The first-order valence-electron chi connectivity index (χ1n) is 10.2. The van der Waals surface area contributed by atoms with Gasteiger partial charge in [0.1, 0.15) is 0 Å². The molecule has 0 unspecified atom stereocenters. The normalized spacial score (nSPS) is 16.4. The van der Waals surface area contributed by atoms with Crippen LogP contribution in [-0.2, 0) is 9.53 Å². The molecule has 3 rings (SSSR count). The Hall–Kier alpha value is -3.13. The number of allylic oxidation sites excluding steroid dienone is 1. The van der Waals surface area contributed by atoms with Gasteiger partial charge in [0.05, 0.1) is 24.5 Å². The molecule has 31 heavy (non-hydrogen) atoms. The second kappa shape index (κ2) is 9.78. The molecule has 0 radical (unpaired) electrons. The molecule has 0 fully saturated rings. The smallest absolute Gasteiger partial charge is 0.338 e. The van der Waals surface area contributed by atoms with Crippen molar-refractivity contribution in [2.45, 2.75) is 33.7 Å². The van der Waals surface area contributed by atoms with E-state index < -0.39 is 6.04 Å². The van der Waals surface area contributed by atoms with Crippen LogP contribution < -0.4 is 10.6 Å². The highest BCUT2D eigenvalue weighted by atomic mass is 32.1. The van der Waals surface area contributed by atoms with Crippen molar-refractivity contribution in [2.75, 3.05) is 18.5 Å². The van der Waals surface area contributed by atoms with Gasteiger partial charge in [-0.2, -0.15) is 0 Å². The van der Waals surface area contributed by atoms with Gasteiger partial charge in [0.15, 0.2) is 10.9 Å². The fourth-order valence-corrected chi connectivity index (χ4v) is 3.74. The summed E-state index contributed by atoms with van der Waals surface area (Å²) in [6.45, 7) is 8.83. The first-order valence-corrected chi connectivity index (χ1v) is 10.6. The summed E-state index contributed by atoms with van der Waals surface area (Å²) in [6.07, 6.45) is 1.45. The number of amides is 1. The van der Waals surface area contributed by atoms with Crippen molar-refractivity contribution in [3.63, 3.8) is 0 Å². The van der Waals surface area contributed by atoms with Crippen molar-refractivity contribution in [3.8, 4) is 0 Å². The maximum absolute atomic E-state index is 13.0. The summed E-state index contributed by atoms with van der Waals surface area (Å²) >= 11 is 5.52. The molecule has 2 aromatic rings. The monoisotopic (exact) mass is 441 g/mol. The zero-order valence-corrected chi connectivity index (χ0v) is 18.9. The van der Waals surface area contributed by atoms with Gasteiger partial charge in [-0.3, -0.25) is 4.79 Å². The fraction of sp³-hybridized carbons (Fsp3) is 0.348. The van der Waals surface area contributed by atoms with Crippen LogP contribution >= 0.6 is 12.2 Å². The Morgan fingerprint density at radius 3 is 2.55 bits per heavy atom. The molecule has 1 amide bonds. The van der Waals surface area contributed by atoms with E-state index in [-0.39, 0.29) is 23.6 Å². The Morgan fingerprint density at radius 1 is 1.26 bits per heavy atom. The van der Waals surface area contributed by atoms with Crippen LogP contribution in [-0.4, -0.2) is 35.0 Å². The van der Waals surface area contributed by atoms with Gasteiger partial charge in [0, 0.05) is 17.9 Å². The number of thiocarbonyl (C=S) groups is 1. The minimum atomic E-state index is -0.440. The van der Waals surface area contributed by atoms with Gasteiger partial charge < -0.3 is 24.7 Å². The lowest BCUT2D eigenvalue weighted by Crippen LogP contribution is -2.47. The number of carbonyl (C=O) groups is 2. The standard InChI is InChI=1S/C23H27N3O4S/c1-5-26-15(4)19(22(28)30-13-14(2)3)20(25-23(26)31)16-8-10-17(11-9-16)24-21(27)18-7-6-12-29-18/h6-12,14,20H,5,13H2,1-4H3,(H,24,27)(H,25,31)/t20-/m1/s1. The van der Waals surface area contributed by atoms with Crippen molar-refractivity contribution in [3.05, 3.63) is 65.3 Å². The number of rotatable bonds is 7. The van der Waals surface area contributed by atoms with E-state index in [1.165, 1.54) is 6.26 Å². The highest BCUT2D eigenvalue weighted by molar-refractivity contribution is 7.80. The molecule has 0 bridgehead atoms. The molecular weight excluding hydrogens is 414 g/mol. The third kappa shape index (κ3) is 5.14. The van der Waals surface area contributed by atoms with Crippen molar-refractivity contribution in [2.24, 2.45) is 5.92 Å². The lowest BCUT2D eigenvalue weighted by Gasteiger charge is -2.37. The van der Waals surface area contributed by atoms with Gasteiger partial charge in [0.2, 0.25) is 0 Å². The van der Waals surface area contributed by atoms with E-state index in [1.54, 1.807) is 24.3 Å². The third-order valence-electron chi connectivity index (χ3n) is 4.93. The molecule has 1 aromatic heterocycles. The maximum Gasteiger partial charge on any atom is 0.338 e. The van der Waals surface area contributed by atoms with Gasteiger partial charge in [-0.05, 0) is 61.8 Å². The number of hydrogen-bond donors (Lipinski definition) is 2. The van der Waals surface area contributed by atoms with E-state index in [1.807, 2.05) is 44.7 Å². The van der Waals surface area contributed by atoms with Crippen LogP contribution in [0.3, 0.4) is 0 Å². The fourth-order valence-electron chi connectivity index (χ4n) is 3.36. The highest BCUT2D eigenvalue weighted by Gasteiger charge is 2.34. The molecular formula is C23H27N3O4S. The van der Waals surface area contributed by atoms with Gasteiger partial charge in [-0.15, -0.1) is 0 Å². The SMILES string of the molecule is CCN1C(=S)N[C@H](c2ccc(NC(=O)c3ccco3)cc2)C(C(=O)OCC(C)C)=C1C. The third-order valence-corrected chi connectivity index (χ3v) is 5.27. The lowest BCUT2D eigenvalue weighted by molar-refractivity contribution is -0.140. The van der Waals surface area contributed by atoms with Crippen molar-refractivity contribution in [1.82, 2.24) is 10.2 Å². The molecule has 1 aromatic carbocycles. The number of furan rings is 1. The van der Waals surface area contributed by atoms with Crippen molar-refractivity contribution < 1.29 is 18.7 Å². The molecule has 0 saturated carbocycles. The average Bonchev–Trinajstić information content (AvgIpc) is 3.27. The molecule has 1 atom stereocenters. The summed E-state index contributed by atoms with van der Waals surface area (Å²) in [5.41, 5.74) is 2.76. The largest absolute Gasteiger partial charge is 0.462 e. The quantitative estimate of drug-likeness (QED) is 0.491. The van der Waals surface area contributed by atoms with Gasteiger partial charge >= 0.3 is 5.97 Å². The van der Waals surface area contributed by atoms with E-state index >= 15 is 0 Å². The Kier molecular flexibility index (Phi) is 7.12. The summed E-state index contributed by atoms with van der Waals surface area (Å²) in [5, 5.41) is 6.60. The molecule has 2 N–H and O–H groups in total. The van der Waals surface area contributed by atoms with E-state index in [9.17, 15) is 9.59 Å². The number of benzene rings is 1. The second-order valence-corrected chi connectivity index (χ2v) is 8.06. The number of esters is 1. The van der Waals surface area contributed by atoms with Gasteiger partial charge in [-0.25, -0.2) is 4.79 Å². The number of ether oxygens (including phenoxy) is 1. The lowest BCUT2D eigenvalue weighted by atomic mass is 9.94. The Balaban J connectivity index is 1.86. The molecule has 0 spiro atoms. The Morgan fingerprint density at radius 2 is 1.97 bits per heavy atom. The number of anilines is 1. The molecule has 1 aliphatic rings. The van der Waals surface area contributed by atoms with Crippen LogP contribution in [0.5, 0.6) is 0 Å². The molecule has 164 valence electrons. The molecule has 0 aliphatic carbocycles. The zero-order chi connectivity index (χ0) is 22.5. The second-order valence-electron chi connectivity index (χ2n) is 7.67. The van der Waals surface area contributed by atoms with Crippen LogP contribution in [0.25, 0.3) is 0 Å². The Labute approximate surface area is 187 Å². The van der Waals surface area contributed by atoms with Crippen LogP contribution in [0, 0.1) is 5.92 Å². The number of nitrogens with one attached hydrogen (secondary N) is 2. The first kappa shape index (κ1) is 22.6. The molecule has 7 nitrogen and oxygen atoms in total. The van der Waals surface area contributed by atoms with Crippen LogP contribution in [0.2, 0.25) is 0 Å². The Bertz CT molecular complexity index is 981. The maximum atomic E-state index is 13.0. The van der Waals surface area contributed by atoms with Gasteiger partial charge in [0.25, 0.3) is 5.91 Å². The molecule has 0 saturated heterocycles. The minimum Gasteiger partial charge on any atom is -0.462 e. The molecule has 2 heterocycles. The summed E-state index contributed by atoms with van der Waals surface area (Å²) in [6, 6.07) is 10.1. The van der Waals surface area contributed by atoms with Crippen LogP contribution in [0.1, 0.15) is 49.9 Å². The topological polar surface area (TPSA) is 83.8 Å². The predicted molar refractivity (Wildman–Crippen MR) is 122 cm³/mol. The molecule has 1 aliphatic heterocycles.